The van der Waals surface area contributed by atoms with Gasteiger partial charge in [-0.1, -0.05) is 30.3 Å². The number of nitrogens with zero attached hydrogens (tertiary/aromatic N) is 1. The second kappa shape index (κ2) is 6.70. The smallest absolute Gasteiger partial charge is 0.201 e. The van der Waals surface area contributed by atoms with Crippen molar-refractivity contribution >= 4 is 21.8 Å². The van der Waals surface area contributed by atoms with Gasteiger partial charge in [0.1, 0.15) is 0 Å². The monoisotopic (exact) mass is 302 g/mol. The van der Waals surface area contributed by atoms with Gasteiger partial charge in [0.05, 0.1) is 0 Å². The number of alkyl halides is 1. The summed E-state index contributed by atoms with van der Waals surface area (Å²) in [5.74, 6) is 0.750. The summed E-state index contributed by atoms with van der Waals surface area (Å²) in [4.78, 5) is 0. The first kappa shape index (κ1) is 14.8. The first-order valence-corrected chi connectivity index (χ1v) is 8.46. The van der Waals surface area contributed by atoms with Crippen molar-refractivity contribution in [3.63, 3.8) is 0 Å². The van der Waals surface area contributed by atoms with Gasteiger partial charge >= 0.3 is 0 Å². The zero-order valence-corrected chi connectivity index (χ0v) is 12.3. The molecule has 0 saturated carbocycles. The number of hydrogen-bond donors (Lipinski definition) is 1. The van der Waals surface area contributed by atoms with Crippen LogP contribution in [-0.4, -0.2) is 38.2 Å². The normalized spacial score (nSPS) is 18.6. The van der Waals surface area contributed by atoms with Gasteiger partial charge < -0.3 is 0 Å². The van der Waals surface area contributed by atoms with Gasteiger partial charge in [-0.25, -0.2) is 4.72 Å². The van der Waals surface area contributed by atoms with Crippen molar-refractivity contribution in [2.45, 2.75) is 18.8 Å². The summed E-state index contributed by atoms with van der Waals surface area (Å²) in [5.41, 5.74) is 1.30. The van der Waals surface area contributed by atoms with E-state index in [9.17, 15) is 8.42 Å². The van der Waals surface area contributed by atoms with Crippen LogP contribution in [0.1, 0.15) is 24.3 Å². The van der Waals surface area contributed by atoms with Crippen molar-refractivity contribution in [1.82, 2.24) is 9.03 Å². The van der Waals surface area contributed by atoms with E-state index in [1.165, 1.54) is 9.87 Å². The maximum atomic E-state index is 11.9. The summed E-state index contributed by atoms with van der Waals surface area (Å²) in [6.45, 7) is 1.41. The maximum absolute atomic E-state index is 11.9. The Morgan fingerprint density at radius 3 is 2.42 bits per heavy atom. The highest BCUT2D eigenvalue weighted by Crippen LogP contribution is 2.28. The van der Waals surface area contributed by atoms with E-state index in [1.807, 2.05) is 18.2 Å². The lowest BCUT2D eigenvalue weighted by atomic mass is 9.90. The molecular formula is C13H19ClN2O2S. The molecule has 2 rings (SSSR count). The summed E-state index contributed by atoms with van der Waals surface area (Å²) in [6, 6.07) is 10.3. The lowest BCUT2D eigenvalue weighted by Gasteiger charge is -2.31. The van der Waals surface area contributed by atoms with Gasteiger partial charge in [0, 0.05) is 25.5 Å². The predicted octanol–water partition coefficient (Wildman–Crippen LogP) is 1.94. The summed E-state index contributed by atoms with van der Waals surface area (Å²) in [6.07, 6.45) is 1.73. The lowest BCUT2D eigenvalue weighted by Crippen LogP contribution is -2.45. The molecule has 0 aromatic heterocycles. The van der Waals surface area contributed by atoms with E-state index in [4.69, 9.17) is 11.6 Å². The Morgan fingerprint density at radius 1 is 1.21 bits per heavy atom. The van der Waals surface area contributed by atoms with Gasteiger partial charge in [0.25, 0.3) is 10.2 Å². The fourth-order valence-corrected chi connectivity index (χ4v) is 3.85. The Balaban J connectivity index is 1.92. The topological polar surface area (TPSA) is 49.4 Å². The third-order valence-corrected chi connectivity index (χ3v) is 5.25. The quantitative estimate of drug-likeness (QED) is 0.845. The molecule has 1 aromatic carbocycles. The van der Waals surface area contributed by atoms with Crippen LogP contribution in [0.25, 0.3) is 0 Å². The molecule has 0 unspecified atom stereocenters. The van der Waals surface area contributed by atoms with Crippen LogP contribution in [0.3, 0.4) is 0 Å². The van der Waals surface area contributed by atoms with Crippen molar-refractivity contribution in [1.29, 1.82) is 0 Å². The van der Waals surface area contributed by atoms with E-state index in [1.54, 1.807) is 0 Å². The van der Waals surface area contributed by atoms with Gasteiger partial charge in [-0.05, 0) is 24.3 Å². The third-order valence-electron chi connectivity index (χ3n) is 3.44. The number of halogens is 1. The molecule has 6 heteroatoms. The molecule has 1 fully saturated rings. The summed E-state index contributed by atoms with van der Waals surface area (Å²) < 4.78 is 27.9. The van der Waals surface area contributed by atoms with E-state index in [-0.39, 0.29) is 6.54 Å². The summed E-state index contributed by atoms with van der Waals surface area (Å²) in [5, 5.41) is 0. The van der Waals surface area contributed by atoms with E-state index in [0.29, 0.717) is 24.9 Å². The molecule has 106 valence electrons. The van der Waals surface area contributed by atoms with Gasteiger partial charge in [-0.3, -0.25) is 0 Å². The molecule has 0 spiro atoms. The lowest BCUT2D eigenvalue weighted by molar-refractivity contribution is 0.316. The van der Waals surface area contributed by atoms with Crippen molar-refractivity contribution in [2.75, 3.05) is 25.5 Å². The van der Waals surface area contributed by atoms with E-state index in [0.717, 1.165) is 12.8 Å². The largest absolute Gasteiger partial charge is 0.279 e. The number of nitrogens with one attached hydrogen (secondary N) is 1. The van der Waals surface area contributed by atoms with E-state index < -0.39 is 10.2 Å². The minimum atomic E-state index is -3.35. The van der Waals surface area contributed by atoms with Crippen molar-refractivity contribution < 1.29 is 8.42 Å². The number of hydrogen-bond acceptors (Lipinski definition) is 2. The van der Waals surface area contributed by atoms with Crippen LogP contribution in [0.4, 0.5) is 0 Å². The molecule has 0 radical (unpaired) electrons. The first-order chi connectivity index (χ1) is 9.13. The summed E-state index contributed by atoms with van der Waals surface area (Å²) >= 11 is 5.50. The van der Waals surface area contributed by atoms with E-state index >= 15 is 0 Å². The van der Waals surface area contributed by atoms with Crippen molar-refractivity contribution in [3.05, 3.63) is 35.9 Å². The highest BCUT2D eigenvalue weighted by Gasteiger charge is 2.27. The minimum Gasteiger partial charge on any atom is -0.201 e. The molecule has 19 heavy (non-hydrogen) atoms. The highest BCUT2D eigenvalue weighted by atomic mass is 35.5. The van der Waals surface area contributed by atoms with Gasteiger partial charge in [-0.15, -0.1) is 11.6 Å². The molecule has 1 saturated heterocycles. The molecule has 4 nitrogen and oxygen atoms in total. The molecule has 1 aromatic rings. The maximum Gasteiger partial charge on any atom is 0.279 e. The number of benzene rings is 1. The van der Waals surface area contributed by atoms with Crippen molar-refractivity contribution in [3.8, 4) is 0 Å². The standard InChI is InChI=1S/C13H19ClN2O2S/c14-8-9-15-19(17,18)16-10-6-13(7-11-16)12-4-2-1-3-5-12/h1-5,13,15H,6-11H2. The Bertz CT molecular complexity index is 485. The molecular weight excluding hydrogens is 284 g/mol. The van der Waals surface area contributed by atoms with Crippen LogP contribution in [-0.2, 0) is 10.2 Å². The van der Waals surface area contributed by atoms with Crippen molar-refractivity contribution in [2.24, 2.45) is 0 Å². The zero-order valence-electron chi connectivity index (χ0n) is 10.8. The molecule has 1 N–H and O–H groups in total. The first-order valence-electron chi connectivity index (χ1n) is 6.49. The Hall–Kier alpha value is -0.620. The van der Waals surface area contributed by atoms with Crippen LogP contribution in [0.2, 0.25) is 0 Å². The van der Waals surface area contributed by atoms with Crippen LogP contribution in [0.5, 0.6) is 0 Å². The molecule has 0 bridgehead atoms. The van der Waals surface area contributed by atoms with Crippen LogP contribution < -0.4 is 4.72 Å². The Labute approximate surface area is 119 Å². The molecule has 0 amide bonds. The fourth-order valence-electron chi connectivity index (χ4n) is 2.41. The van der Waals surface area contributed by atoms with Gasteiger partial charge in [0.15, 0.2) is 0 Å². The second-order valence-corrected chi connectivity index (χ2v) is 6.81. The van der Waals surface area contributed by atoms with Gasteiger partial charge in [0.2, 0.25) is 0 Å². The molecule has 1 aliphatic heterocycles. The molecule has 1 heterocycles. The predicted molar refractivity (Wildman–Crippen MR) is 77.6 cm³/mol. The van der Waals surface area contributed by atoms with Gasteiger partial charge in [-0.2, -0.15) is 12.7 Å². The Kier molecular flexibility index (Phi) is 5.21. The van der Waals surface area contributed by atoms with E-state index in [2.05, 4.69) is 16.9 Å². The highest BCUT2D eigenvalue weighted by molar-refractivity contribution is 7.87. The zero-order chi connectivity index (χ0) is 13.7. The number of rotatable bonds is 5. The summed E-state index contributed by atoms with van der Waals surface area (Å²) in [7, 11) is -3.35. The Morgan fingerprint density at radius 2 is 1.84 bits per heavy atom. The average Bonchev–Trinajstić information content (AvgIpc) is 2.46. The fraction of sp³-hybridized carbons (Fsp3) is 0.538. The van der Waals surface area contributed by atoms with Crippen LogP contribution in [0, 0.1) is 0 Å². The minimum absolute atomic E-state index is 0.280. The molecule has 0 atom stereocenters. The average molecular weight is 303 g/mol. The second-order valence-electron chi connectivity index (χ2n) is 4.67. The third kappa shape index (κ3) is 3.92. The van der Waals surface area contributed by atoms with Crippen LogP contribution >= 0.6 is 11.6 Å². The van der Waals surface area contributed by atoms with Crippen LogP contribution in [0.15, 0.2) is 30.3 Å². The number of piperidine rings is 1. The molecule has 0 aliphatic carbocycles. The SMILES string of the molecule is O=S(=O)(NCCCl)N1CCC(c2ccccc2)CC1. The molecule has 1 aliphatic rings.